The van der Waals surface area contributed by atoms with Gasteiger partial charge >= 0.3 is 0 Å². The number of aromatic nitrogens is 2. The lowest BCUT2D eigenvalue weighted by atomic mass is 10.2. The van der Waals surface area contributed by atoms with E-state index in [1.807, 2.05) is 0 Å². The van der Waals surface area contributed by atoms with Gasteiger partial charge in [0.1, 0.15) is 0 Å². The summed E-state index contributed by atoms with van der Waals surface area (Å²) in [4.78, 5) is 0. The van der Waals surface area contributed by atoms with E-state index in [1.165, 1.54) is 0 Å². The maximum absolute atomic E-state index is 7.72. The lowest BCUT2D eigenvalue weighted by Crippen LogP contribution is -2.03. The van der Waals surface area contributed by atoms with Crippen LogP contribution in [-0.4, -0.2) is 23.0 Å². The van der Waals surface area contributed by atoms with Gasteiger partial charge in [0.2, 0.25) is 0 Å². The van der Waals surface area contributed by atoms with Crippen LogP contribution in [0, 0.1) is 5.41 Å². The van der Waals surface area contributed by atoms with Gasteiger partial charge in [0.15, 0.2) is 0 Å². The Balaban J connectivity index is 2.86. The van der Waals surface area contributed by atoms with Gasteiger partial charge in [0.05, 0.1) is 22.6 Å². The number of allylic oxidation sites excluding steroid dienone is 1. The van der Waals surface area contributed by atoms with Gasteiger partial charge in [-0.25, -0.2) is 0 Å². The molecule has 0 fully saturated rings. The molecule has 0 aromatic carbocycles. The van der Waals surface area contributed by atoms with Gasteiger partial charge in [-0.1, -0.05) is 0 Å². The molecule has 1 heterocycles. The first kappa shape index (κ1) is 9.85. The first-order valence-electron chi connectivity index (χ1n) is 3.64. The lowest BCUT2D eigenvalue weighted by molar-refractivity contribution is 1.03. The van der Waals surface area contributed by atoms with Crippen molar-refractivity contribution in [2.24, 2.45) is 0 Å². The van der Waals surface area contributed by atoms with Crippen molar-refractivity contribution in [2.45, 2.75) is 0 Å². The first-order valence-corrected chi connectivity index (χ1v) is 4.44. The Morgan fingerprint density at radius 3 is 2.92 bits per heavy atom. The van der Waals surface area contributed by atoms with Crippen LogP contribution in [0.15, 0.2) is 29.1 Å². The van der Waals surface area contributed by atoms with E-state index in [0.717, 1.165) is 5.56 Å². The maximum atomic E-state index is 7.72. The highest BCUT2D eigenvalue weighted by Crippen LogP contribution is 2.11. The molecule has 0 unspecified atom stereocenters. The van der Waals surface area contributed by atoms with E-state index in [1.54, 1.807) is 31.7 Å². The van der Waals surface area contributed by atoms with Crippen LogP contribution >= 0.6 is 15.9 Å². The number of halogens is 1. The number of hydrogen-bond donors (Lipinski definition) is 2. The van der Waals surface area contributed by atoms with Gasteiger partial charge in [-0.2, -0.15) is 10.2 Å². The van der Waals surface area contributed by atoms with Crippen LogP contribution in [0.5, 0.6) is 0 Å². The standard InChI is InChI=1S/C8H9BrN4/c1-11-5-7(9)8(10)6-2-3-12-13-4-6/h2-5,10-11H,1H3/b7-5+,10-8?. The Morgan fingerprint density at radius 1 is 1.62 bits per heavy atom. The van der Waals surface area contributed by atoms with Crippen molar-refractivity contribution >= 4 is 21.6 Å². The number of rotatable bonds is 3. The summed E-state index contributed by atoms with van der Waals surface area (Å²) in [6.07, 6.45) is 4.80. The quantitative estimate of drug-likeness (QED) is 0.784. The van der Waals surface area contributed by atoms with Crippen molar-refractivity contribution in [3.63, 3.8) is 0 Å². The molecule has 0 saturated heterocycles. The molecule has 5 heteroatoms. The molecule has 13 heavy (non-hydrogen) atoms. The summed E-state index contributed by atoms with van der Waals surface area (Å²) in [6.45, 7) is 0. The van der Waals surface area contributed by atoms with Crippen molar-refractivity contribution in [3.05, 3.63) is 34.7 Å². The predicted octanol–water partition coefficient (Wildman–Crippen LogP) is 1.30. The van der Waals surface area contributed by atoms with E-state index in [0.29, 0.717) is 10.2 Å². The van der Waals surface area contributed by atoms with E-state index in [-0.39, 0.29) is 0 Å². The molecule has 0 amide bonds. The van der Waals surface area contributed by atoms with Crippen molar-refractivity contribution in [1.82, 2.24) is 15.5 Å². The summed E-state index contributed by atoms with van der Waals surface area (Å²) in [7, 11) is 1.78. The molecule has 0 aliphatic carbocycles. The second-order valence-electron chi connectivity index (χ2n) is 2.29. The molecule has 68 valence electrons. The Bertz CT molecular complexity index is 320. The largest absolute Gasteiger partial charge is 0.393 e. The van der Waals surface area contributed by atoms with Crippen LogP contribution in [-0.2, 0) is 0 Å². The summed E-state index contributed by atoms with van der Waals surface area (Å²) in [5, 5.41) is 17.9. The zero-order chi connectivity index (χ0) is 9.68. The first-order chi connectivity index (χ1) is 6.25. The zero-order valence-corrected chi connectivity index (χ0v) is 8.67. The molecule has 0 aliphatic heterocycles. The van der Waals surface area contributed by atoms with Crippen LogP contribution in [0.1, 0.15) is 5.56 Å². The maximum Gasteiger partial charge on any atom is 0.0785 e. The molecule has 2 N–H and O–H groups in total. The smallest absolute Gasteiger partial charge is 0.0785 e. The van der Waals surface area contributed by atoms with Crippen LogP contribution < -0.4 is 5.32 Å². The molecule has 4 nitrogen and oxygen atoms in total. The number of nitrogens with zero attached hydrogens (tertiary/aromatic N) is 2. The van der Waals surface area contributed by atoms with E-state index in [2.05, 4.69) is 31.4 Å². The van der Waals surface area contributed by atoms with Crippen LogP contribution in [0.4, 0.5) is 0 Å². The van der Waals surface area contributed by atoms with Gasteiger partial charge < -0.3 is 5.32 Å². The van der Waals surface area contributed by atoms with E-state index >= 15 is 0 Å². The highest BCUT2D eigenvalue weighted by atomic mass is 79.9. The molecule has 1 rings (SSSR count). The van der Waals surface area contributed by atoms with Crippen LogP contribution in [0.3, 0.4) is 0 Å². The Kier molecular flexibility index (Phi) is 3.57. The fourth-order valence-corrected chi connectivity index (χ4v) is 1.23. The van der Waals surface area contributed by atoms with Gasteiger partial charge in [0.25, 0.3) is 0 Å². The van der Waals surface area contributed by atoms with Crippen LogP contribution in [0.25, 0.3) is 0 Å². The molecule has 0 atom stereocenters. The van der Waals surface area contributed by atoms with Crippen LogP contribution in [0.2, 0.25) is 0 Å². The van der Waals surface area contributed by atoms with Crippen molar-refractivity contribution in [1.29, 1.82) is 5.41 Å². The van der Waals surface area contributed by atoms with Gasteiger partial charge in [-0.15, -0.1) is 0 Å². The number of hydrogen-bond acceptors (Lipinski definition) is 4. The fraction of sp³-hybridized carbons (Fsp3) is 0.125. The summed E-state index contributed by atoms with van der Waals surface area (Å²) in [6, 6.07) is 1.74. The molecule has 0 aliphatic rings. The number of nitrogens with one attached hydrogen (secondary N) is 2. The Morgan fingerprint density at radius 2 is 2.38 bits per heavy atom. The minimum Gasteiger partial charge on any atom is -0.393 e. The second kappa shape index (κ2) is 4.71. The average molecular weight is 241 g/mol. The third-order valence-corrected chi connectivity index (χ3v) is 2.01. The molecule has 0 spiro atoms. The van der Waals surface area contributed by atoms with E-state index < -0.39 is 0 Å². The highest BCUT2D eigenvalue weighted by molar-refractivity contribution is 9.12. The van der Waals surface area contributed by atoms with E-state index in [9.17, 15) is 0 Å². The predicted molar refractivity (Wildman–Crippen MR) is 54.9 cm³/mol. The van der Waals surface area contributed by atoms with Gasteiger partial charge in [-0.3, -0.25) is 5.41 Å². The molecular formula is C8H9BrN4. The minimum absolute atomic E-state index is 0.379. The summed E-state index contributed by atoms with van der Waals surface area (Å²) in [5.74, 6) is 0. The molecular weight excluding hydrogens is 232 g/mol. The molecule has 1 aromatic rings. The van der Waals surface area contributed by atoms with Crippen molar-refractivity contribution in [3.8, 4) is 0 Å². The highest BCUT2D eigenvalue weighted by Gasteiger charge is 2.03. The Labute approximate surface area is 84.7 Å². The fourth-order valence-electron chi connectivity index (χ4n) is 0.775. The normalized spacial score (nSPS) is 11.1. The molecule has 0 bridgehead atoms. The van der Waals surface area contributed by atoms with Crippen molar-refractivity contribution < 1.29 is 0 Å². The second-order valence-corrected chi connectivity index (χ2v) is 3.14. The third kappa shape index (κ3) is 2.62. The average Bonchev–Trinajstić information content (AvgIpc) is 2.18. The summed E-state index contributed by atoms with van der Waals surface area (Å²) < 4.78 is 0.683. The third-order valence-electron chi connectivity index (χ3n) is 1.38. The summed E-state index contributed by atoms with van der Waals surface area (Å²) in [5.41, 5.74) is 1.11. The van der Waals surface area contributed by atoms with E-state index in [4.69, 9.17) is 5.41 Å². The van der Waals surface area contributed by atoms with Crippen molar-refractivity contribution in [2.75, 3.05) is 7.05 Å². The topological polar surface area (TPSA) is 61.7 Å². The molecule has 0 saturated carbocycles. The molecule has 1 aromatic heterocycles. The SMILES string of the molecule is CN/C=C(/Br)C(=N)c1ccnnc1. The minimum atomic E-state index is 0.379. The monoisotopic (exact) mass is 240 g/mol. The zero-order valence-electron chi connectivity index (χ0n) is 7.08. The molecule has 0 radical (unpaired) electrons. The summed E-state index contributed by atoms with van der Waals surface area (Å²) >= 11 is 3.27. The van der Waals surface area contributed by atoms with Gasteiger partial charge in [-0.05, 0) is 22.0 Å². The Hall–Kier alpha value is -1.23. The van der Waals surface area contributed by atoms with Gasteiger partial charge in [0, 0.05) is 18.8 Å². The lowest BCUT2D eigenvalue weighted by Gasteiger charge is -2.00.